The first-order chi connectivity index (χ1) is 27.9. The third-order valence-electron chi connectivity index (χ3n) is 13.9. The summed E-state index contributed by atoms with van der Waals surface area (Å²) in [6.45, 7) is 25.7. The van der Waals surface area contributed by atoms with Crippen LogP contribution < -0.4 is 26.4 Å². The van der Waals surface area contributed by atoms with E-state index in [1.165, 1.54) is 83.7 Å². The Morgan fingerprint density at radius 1 is 0.559 bits per heavy atom. The van der Waals surface area contributed by atoms with Crippen molar-refractivity contribution < 1.29 is 4.42 Å². The molecule has 4 heteroatoms. The van der Waals surface area contributed by atoms with Crippen LogP contribution >= 0.6 is 0 Å². The Hall–Kier alpha value is -5.48. The van der Waals surface area contributed by atoms with Crippen molar-refractivity contribution in [3.05, 3.63) is 149 Å². The summed E-state index contributed by atoms with van der Waals surface area (Å²) in [5, 5.41) is 1.19. The second-order valence-electron chi connectivity index (χ2n) is 21.0. The zero-order valence-corrected chi connectivity index (χ0v) is 36.8. The minimum absolute atomic E-state index is 0.0290. The molecule has 0 atom stereocenters. The van der Waals surface area contributed by atoms with Crippen molar-refractivity contribution in [3.8, 4) is 11.1 Å². The van der Waals surface area contributed by atoms with Gasteiger partial charge < -0.3 is 14.2 Å². The van der Waals surface area contributed by atoms with E-state index in [0.717, 1.165) is 29.8 Å². The summed E-state index contributed by atoms with van der Waals surface area (Å²) in [7, 11) is 0. The standard InChI is InChI=1S/C55H57BN2O/c1-34-29-46-49-47(30-34)58(40-22-17-36(18-23-40)35-15-13-12-14-16-35)50-41-32-42-43(55(10,11)28-27-54(42,8)9)33-48(41)59-51(50)56(49)44-31-38(53(5,6)7)21-26-45(44)57(46)39-24-19-37(20-25-39)52(2,3)4/h12-26,29-33H,27-28H2,1-11H3. The molecule has 0 bridgehead atoms. The van der Waals surface area contributed by atoms with Crippen LogP contribution in [0.25, 0.3) is 22.1 Å². The summed E-state index contributed by atoms with van der Waals surface area (Å²) >= 11 is 0. The van der Waals surface area contributed by atoms with Gasteiger partial charge in [-0.25, -0.2) is 0 Å². The van der Waals surface area contributed by atoms with Gasteiger partial charge in [0.1, 0.15) is 5.58 Å². The van der Waals surface area contributed by atoms with E-state index in [2.05, 4.69) is 207 Å². The SMILES string of the molecule is Cc1cc2c3c(c1)N(c1ccc(-c4ccccc4)cc1)c1c(oc4cc5c(cc14)C(C)(C)CCC5(C)C)B3c1cc(C(C)(C)C)ccc1N2c1ccc(C(C)(C)C)cc1. The van der Waals surface area contributed by atoms with Crippen molar-refractivity contribution in [2.45, 2.75) is 111 Å². The molecule has 296 valence electrons. The van der Waals surface area contributed by atoms with Crippen molar-refractivity contribution in [2.75, 3.05) is 9.80 Å². The average molecular weight is 773 g/mol. The quantitative estimate of drug-likeness (QED) is 0.167. The number of fused-ring (bicyclic) bond motifs is 7. The smallest absolute Gasteiger partial charge is 0.297 e. The van der Waals surface area contributed by atoms with E-state index in [1.807, 2.05) is 0 Å². The Bertz CT molecular complexity index is 2790. The fraction of sp³-hybridized carbons (Fsp3) is 0.309. The molecule has 0 saturated heterocycles. The maximum absolute atomic E-state index is 7.46. The van der Waals surface area contributed by atoms with Crippen LogP contribution in [0.15, 0.2) is 126 Å². The highest BCUT2D eigenvalue weighted by atomic mass is 16.3. The van der Waals surface area contributed by atoms with Crippen LogP contribution in [0.1, 0.15) is 110 Å². The Balaban J connectivity index is 1.29. The first-order valence-electron chi connectivity index (χ1n) is 21.7. The third kappa shape index (κ3) is 5.92. The highest BCUT2D eigenvalue weighted by molar-refractivity contribution is 7.00. The minimum Gasteiger partial charge on any atom is -0.468 e. The Kier molecular flexibility index (Phi) is 8.17. The molecule has 10 rings (SSSR count). The normalized spacial score (nSPS) is 16.4. The van der Waals surface area contributed by atoms with E-state index in [1.54, 1.807) is 0 Å². The second kappa shape index (κ2) is 12.8. The van der Waals surface area contributed by atoms with Crippen molar-refractivity contribution in [1.82, 2.24) is 0 Å². The van der Waals surface area contributed by atoms with E-state index in [0.29, 0.717) is 0 Å². The maximum atomic E-state index is 7.46. The van der Waals surface area contributed by atoms with E-state index in [4.69, 9.17) is 4.42 Å². The highest BCUT2D eigenvalue weighted by Crippen LogP contribution is 2.52. The van der Waals surface area contributed by atoms with Crippen LogP contribution in [0, 0.1) is 6.92 Å². The molecule has 6 aromatic carbocycles. The predicted octanol–water partition coefficient (Wildman–Crippen LogP) is 13.4. The average Bonchev–Trinajstić information content (AvgIpc) is 3.57. The molecule has 0 unspecified atom stereocenters. The number of furan rings is 1. The minimum atomic E-state index is -0.0942. The van der Waals surface area contributed by atoms with Gasteiger partial charge in [0.15, 0.2) is 0 Å². The van der Waals surface area contributed by atoms with Crippen LogP contribution in [-0.4, -0.2) is 6.71 Å². The van der Waals surface area contributed by atoms with Crippen LogP contribution in [0.5, 0.6) is 0 Å². The molecule has 3 aliphatic rings. The molecule has 0 N–H and O–H groups in total. The highest BCUT2D eigenvalue weighted by Gasteiger charge is 2.48. The summed E-state index contributed by atoms with van der Waals surface area (Å²) in [4.78, 5) is 5.05. The first-order valence-corrected chi connectivity index (χ1v) is 21.7. The van der Waals surface area contributed by atoms with Crippen molar-refractivity contribution >= 4 is 68.4 Å². The van der Waals surface area contributed by atoms with Gasteiger partial charge in [0.2, 0.25) is 0 Å². The van der Waals surface area contributed by atoms with Crippen LogP contribution in [0.4, 0.5) is 34.1 Å². The molecule has 0 radical (unpaired) electrons. The number of rotatable bonds is 3. The van der Waals surface area contributed by atoms with E-state index < -0.39 is 0 Å². The largest absolute Gasteiger partial charge is 0.468 e. The number of nitrogens with zero attached hydrogens (tertiary/aromatic N) is 2. The van der Waals surface area contributed by atoms with Gasteiger partial charge >= 0.3 is 0 Å². The number of hydrogen-bond acceptors (Lipinski definition) is 3. The van der Waals surface area contributed by atoms with E-state index in [-0.39, 0.29) is 28.4 Å². The Morgan fingerprint density at radius 3 is 1.73 bits per heavy atom. The van der Waals surface area contributed by atoms with Crippen molar-refractivity contribution in [2.24, 2.45) is 0 Å². The molecule has 0 amide bonds. The molecule has 3 nitrogen and oxygen atoms in total. The second-order valence-corrected chi connectivity index (χ2v) is 21.0. The number of benzene rings is 6. The molecule has 59 heavy (non-hydrogen) atoms. The summed E-state index contributed by atoms with van der Waals surface area (Å²) in [6.07, 6.45) is 2.32. The lowest BCUT2D eigenvalue weighted by molar-refractivity contribution is 0.332. The van der Waals surface area contributed by atoms with Gasteiger partial charge in [0, 0.05) is 33.8 Å². The monoisotopic (exact) mass is 772 g/mol. The number of hydrogen-bond donors (Lipinski definition) is 0. The van der Waals surface area contributed by atoms with E-state index in [9.17, 15) is 0 Å². The molecule has 2 aliphatic heterocycles. The van der Waals surface area contributed by atoms with E-state index >= 15 is 0 Å². The molecular formula is C55H57BN2O. The lowest BCUT2D eigenvalue weighted by atomic mass is 9.35. The molecular weight excluding hydrogens is 715 g/mol. The molecule has 0 saturated carbocycles. The van der Waals surface area contributed by atoms with Crippen LogP contribution in [-0.2, 0) is 21.7 Å². The van der Waals surface area contributed by atoms with Gasteiger partial charge in [-0.1, -0.05) is 136 Å². The third-order valence-corrected chi connectivity index (χ3v) is 13.9. The van der Waals surface area contributed by atoms with Crippen molar-refractivity contribution in [3.63, 3.8) is 0 Å². The van der Waals surface area contributed by atoms with Gasteiger partial charge in [-0.05, 0) is 146 Å². The molecule has 0 fully saturated rings. The zero-order valence-electron chi connectivity index (χ0n) is 36.8. The van der Waals surface area contributed by atoms with Crippen molar-refractivity contribution in [1.29, 1.82) is 0 Å². The summed E-state index contributed by atoms with van der Waals surface area (Å²) in [5.74, 6) is 0. The molecule has 1 aliphatic carbocycles. The van der Waals surface area contributed by atoms with Crippen LogP contribution in [0.2, 0.25) is 0 Å². The lowest BCUT2D eigenvalue weighted by Crippen LogP contribution is -2.61. The van der Waals surface area contributed by atoms with Crippen LogP contribution in [0.3, 0.4) is 0 Å². The van der Waals surface area contributed by atoms with Gasteiger partial charge in [0.25, 0.3) is 6.71 Å². The molecule has 1 aromatic heterocycles. The Labute approximate surface area is 352 Å². The first kappa shape index (κ1) is 37.8. The lowest BCUT2D eigenvalue weighted by Gasteiger charge is -2.43. The molecule has 3 heterocycles. The number of aryl methyl sites for hydroxylation is 1. The summed E-state index contributed by atoms with van der Waals surface area (Å²) < 4.78 is 7.46. The van der Waals surface area contributed by atoms with Gasteiger partial charge in [-0.15, -0.1) is 0 Å². The maximum Gasteiger partial charge on any atom is 0.297 e. The zero-order chi connectivity index (χ0) is 41.4. The summed E-state index contributed by atoms with van der Waals surface area (Å²) in [6, 6.07) is 46.1. The fourth-order valence-corrected chi connectivity index (χ4v) is 10.2. The fourth-order valence-electron chi connectivity index (χ4n) is 10.2. The van der Waals surface area contributed by atoms with Gasteiger partial charge in [-0.2, -0.15) is 0 Å². The molecule has 7 aromatic rings. The topological polar surface area (TPSA) is 19.6 Å². The van der Waals surface area contributed by atoms with Gasteiger partial charge in [-0.3, -0.25) is 0 Å². The Morgan fingerprint density at radius 2 is 1.10 bits per heavy atom. The molecule has 0 spiro atoms. The number of anilines is 6. The van der Waals surface area contributed by atoms with Gasteiger partial charge in [0.05, 0.1) is 11.3 Å². The summed E-state index contributed by atoms with van der Waals surface area (Å²) in [5.41, 5.74) is 21.0. The predicted molar refractivity (Wildman–Crippen MR) is 253 cm³/mol.